The minimum Gasteiger partial charge on any atom is -0.389 e. The largest absolute Gasteiger partial charge is 0.389 e. The first-order chi connectivity index (χ1) is 10.2. The number of aliphatic hydroxyl groups is 2. The minimum absolute atomic E-state index is 0.179. The Hall–Kier alpha value is -0.950. The lowest BCUT2D eigenvalue weighted by atomic mass is 10.0. The molecule has 0 aliphatic carbocycles. The molecule has 1 aliphatic rings. The summed E-state index contributed by atoms with van der Waals surface area (Å²) in [5.41, 5.74) is 1.04. The van der Waals surface area contributed by atoms with Crippen molar-refractivity contribution in [1.82, 2.24) is 14.9 Å². The van der Waals surface area contributed by atoms with Gasteiger partial charge >= 0.3 is 0 Å². The molecular formula is C15H27N3O3. The highest BCUT2D eigenvalue weighted by Crippen LogP contribution is 2.17. The van der Waals surface area contributed by atoms with Crippen molar-refractivity contribution in [2.75, 3.05) is 19.8 Å². The van der Waals surface area contributed by atoms with Crippen molar-refractivity contribution in [2.24, 2.45) is 0 Å². The Morgan fingerprint density at radius 2 is 2.19 bits per heavy atom. The molecule has 0 aromatic carbocycles. The van der Waals surface area contributed by atoms with Crippen LogP contribution in [0.15, 0.2) is 6.20 Å². The maximum absolute atomic E-state index is 10.1. The summed E-state index contributed by atoms with van der Waals surface area (Å²) in [4.78, 5) is 9.85. The number of aromatic amines is 1. The van der Waals surface area contributed by atoms with E-state index in [0.717, 1.165) is 37.3 Å². The first-order valence-corrected chi connectivity index (χ1v) is 7.86. The molecule has 0 amide bonds. The average Bonchev–Trinajstić information content (AvgIpc) is 2.93. The van der Waals surface area contributed by atoms with Crippen LogP contribution in [0.5, 0.6) is 0 Å². The third-order valence-corrected chi connectivity index (χ3v) is 4.06. The summed E-state index contributed by atoms with van der Waals surface area (Å²) in [5, 5.41) is 19.9. The van der Waals surface area contributed by atoms with Crippen molar-refractivity contribution < 1.29 is 14.9 Å². The maximum Gasteiger partial charge on any atom is 0.106 e. The quantitative estimate of drug-likeness (QED) is 0.690. The molecule has 1 aromatic heterocycles. The molecule has 120 valence electrons. The number of hydrogen-bond donors (Lipinski definition) is 3. The zero-order valence-electron chi connectivity index (χ0n) is 13.0. The molecular weight excluding hydrogens is 270 g/mol. The fourth-order valence-electron chi connectivity index (χ4n) is 2.72. The van der Waals surface area contributed by atoms with Gasteiger partial charge < -0.3 is 19.9 Å². The van der Waals surface area contributed by atoms with Crippen molar-refractivity contribution in [3.63, 3.8) is 0 Å². The van der Waals surface area contributed by atoms with Crippen molar-refractivity contribution in [3.05, 3.63) is 17.7 Å². The summed E-state index contributed by atoms with van der Waals surface area (Å²) >= 11 is 0. The van der Waals surface area contributed by atoms with Gasteiger partial charge in [0, 0.05) is 24.9 Å². The van der Waals surface area contributed by atoms with E-state index in [2.05, 4.69) is 21.8 Å². The van der Waals surface area contributed by atoms with Crippen molar-refractivity contribution in [2.45, 2.75) is 57.9 Å². The van der Waals surface area contributed by atoms with Gasteiger partial charge in [0.2, 0.25) is 0 Å². The van der Waals surface area contributed by atoms with Crippen molar-refractivity contribution in [1.29, 1.82) is 0 Å². The second-order valence-electron chi connectivity index (χ2n) is 5.68. The molecule has 1 fully saturated rings. The molecule has 0 bridgehead atoms. The molecule has 0 saturated carbocycles. The Labute approximate surface area is 126 Å². The number of H-pyrrole nitrogens is 1. The monoisotopic (exact) mass is 297 g/mol. The number of ether oxygens (including phenoxy) is 1. The topological polar surface area (TPSA) is 81.6 Å². The number of unbranched alkanes of at least 4 members (excludes halogenated alkanes) is 1. The summed E-state index contributed by atoms with van der Waals surface area (Å²) in [6.45, 7) is 6.32. The van der Waals surface area contributed by atoms with Gasteiger partial charge in [0.25, 0.3) is 0 Å². The van der Waals surface area contributed by atoms with Crippen LogP contribution in [0.4, 0.5) is 0 Å². The van der Waals surface area contributed by atoms with E-state index in [0.29, 0.717) is 13.2 Å². The van der Waals surface area contributed by atoms with Gasteiger partial charge in [0.15, 0.2) is 0 Å². The number of aliphatic hydroxyl groups excluding tert-OH is 2. The third-order valence-electron chi connectivity index (χ3n) is 4.06. The molecule has 0 unspecified atom stereocenters. The molecule has 1 aromatic rings. The van der Waals surface area contributed by atoms with Crippen LogP contribution in [-0.4, -0.2) is 63.1 Å². The van der Waals surface area contributed by atoms with Gasteiger partial charge in [0.05, 0.1) is 25.4 Å². The van der Waals surface area contributed by atoms with E-state index in [4.69, 9.17) is 4.74 Å². The van der Waals surface area contributed by atoms with Crippen LogP contribution in [0.3, 0.4) is 0 Å². The van der Waals surface area contributed by atoms with Gasteiger partial charge in [-0.2, -0.15) is 0 Å². The second kappa shape index (κ2) is 7.89. The highest BCUT2D eigenvalue weighted by Gasteiger charge is 2.34. The van der Waals surface area contributed by atoms with Crippen LogP contribution in [0.2, 0.25) is 0 Å². The maximum atomic E-state index is 10.1. The van der Waals surface area contributed by atoms with Gasteiger partial charge in [-0.15, -0.1) is 0 Å². The smallest absolute Gasteiger partial charge is 0.106 e. The SMILES string of the molecule is CCCCc1ncc(CN(CC)[C@@H]2COC[C@@H](O)[C@H]2O)[nH]1. The Bertz CT molecular complexity index is 424. The van der Waals surface area contributed by atoms with Crippen LogP contribution >= 0.6 is 0 Å². The third kappa shape index (κ3) is 4.26. The van der Waals surface area contributed by atoms with E-state index in [9.17, 15) is 10.2 Å². The number of hydrogen-bond acceptors (Lipinski definition) is 5. The summed E-state index contributed by atoms with van der Waals surface area (Å²) in [5.74, 6) is 1.02. The zero-order chi connectivity index (χ0) is 15.2. The van der Waals surface area contributed by atoms with E-state index in [1.54, 1.807) is 0 Å². The lowest BCUT2D eigenvalue weighted by Gasteiger charge is -2.38. The summed E-state index contributed by atoms with van der Waals surface area (Å²) < 4.78 is 5.37. The van der Waals surface area contributed by atoms with Crippen molar-refractivity contribution >= 4 is 0 Å². The van der Waals surface area contributed by atoms with E-state index >= 15 is 0 Å². The summed E-state index contributed by atoms with van der Waals surface area (Å²) in [6.07, 6.45) is 3.55. The Morgan fingerprint density at radius 3 is 2.90 bits per heavy atom. The molecule has 1 saturated heterocycles. The number of nitrogens with zero attached hydrogens (tertiary/aromatic N) is 2. The van der Waals surface area contributed by atoms with E-state index in [1.165, 1.54) is 0 Å². The zero-order valence-corrected chi connectivity index (χ0v) is 13.0. The standard InChI is InChI=1S/C15H27N3O3/c1-3-5-6-14-16-7-11(17-14)8-18(4-2)12-9-21-10-13(19)15(12)20/h7,12-13,15,19-20H,3-6,8-10H2,1-2H3,(H,16,17)/t12-,13-,15+/m1/s1. The van der Waals surface area contributed by atoms with Gasteiger partial charge in [-0.05, 0) is 13.0 Å². The van der Waals surface area contributed by atoms with Crippen molar-refractivity contribution in [3.8, 4) is 0 Å². The second-order valence-corrected chi connectivity index (χ2v) is 5.68. The number of rotatable bonds is 7. The van der Waals surface area contributed by atoms with Crippen LogP contribution in [-0.2, 0) is 17.7 Å². The lowest BCUT2D eigenvalue weighted by molar-refractivity contribution is -0.133. The van der Waals surface area contributed by atoms with Crippen LogP contribution in [0.25, 0.3) is 0 Å². The van der Waals surface area contributed by atoms with Gasteiger partial charge in [-0.3, -0.25) is 4.90 Å². The first kappa shape index (κ1) is 16.4. The highest BCUT2D eigenvalue weighted by atomic mass is 16.5. The summed E-state index contributed by atoms with van der Waals surface area (Å²) in [7, 11) is 0. The number of nitrogens with one attached hydrogen (secondary N) is 1. The number of imidazole rings is 1. The fraction of sp³-hybridized carbons (Fsp3) is 0.800. The molecule has 21 heavy (non-hydrogen) atoms. The van der Waals surface area contributed by atoms with E-state index in [-0.39, 0.29) is 12.6 Å². The molecule has 3 N–H and O–H groups in total. The van der Waals surface area contributed by atoms with Gasteiger partial charge in [0.1, 0.15) is 11.9 Å². The molecule has 1 aliphatic heterocycles. The Morgan fingerprint density at radius 1 is 1.38 bits per heavy atom. The van der Waals surface area contributed by atoms with E-state index in [1.807, 2.05) is 13.1 Å². The number of aromatic nitrogens is 2. The van der Waals surface area contributed by atoms with Crippen LogP contribution < -0.4 is 0 Å². The Balaban J connectivity index is 1.96. The predicted molar refractivity (Wildman–Crippen MR) is 79.9 cm³/mol. The average molecular weight is 297 g/mol. The minimum atomic E-state index is -0.806. The van der Waals surface area contributed by atoms with Crippen LogP contribution in [0.1, 0.15) is 38.2 Å². The molecule has 6 heteroatoms. The molecule has 0 spiro atoms. The molecule has 6 nitrogen and oxygen atoms in total. The molecule has 2 heterocycles. The van der Waals surface area contributed by atoms with E-state index < -0.39 is 12.2 Å². The van der Waals surface area contributed by atoms with Crippen LogP contribution in [0, 0.1) is 0 Å². The molecule has 3 atom stereocenters. The van der Waals surface area contributed by atoms with Gasteiger partial charge in [-0.25, -0.2) is 4.98 Å². The Kier molecular flexibility index (Phi) is 6.17. The molecule has 0 radical (unpaired) electrons. The molecule has 2 rings (SSSR count). The first-order valence-electron chi connectivity index (χ1n) is 7.86. The number of likely N-dealkylation sites (N-methyl/N-ethyl adjacent to an activating group) is 1. The van der Waals surface area contributed by atoms with Gasteiger partial charge in [-0.1, -0.05) is 20.3 Å². The lowest BCUT2D eigenvalue weighted by Crippen LogP contribution is -2.55. The summed E-state index contributed by atoms with van der Waals surface area (Å²) in [6, 6.07) is -0.179. The normalized spacial score (nSPS) is 26.4. The predicted octanol–water partition coefficient (Wildman–Crippen LogP) is 0.695. The highest BCUT2D eigenvalue weighted by molar-refractivity contribution is 5.02. The number of aryl methyl sites for hydroxylation is 1. The fourth-order valence-corrected chi connectivity index (χ4v) is 2.72.